The minimum Gasteiger partial charge on any atom is -0.337 e. The van der Waals surface area contributed by atoms with Crippen molar-refractivity contribution in [1.82, 2.24) is 13.9 Å². The van der Waals surface area contributed by atoms with Crippen molar-refractivity contribution in [2.75, 3.05) is 19.6 Å². The van der Waals surface area contributed by atoms with Crippen molar-refractivity contribution in [3.63, 3.8) is 0 Å². The van der Waals surface area contributed by atoms with Gasteiger partial charge in [0.2, 0.25) is 0 Å². The van der Waals surface area contributed by atoms with Gasteiger partial charge in [0.05, 0.1) is 0 Å². The quantitative estimate of drug-likeness (QED) is 0.822. The molecule has 0 radical (unpaired) electrons. The first-order valence-corrected chi connectivity index (χ1v) is 8.63. The lowest BCUT2D eigenvalue weighted by atomic mass is 10.1. The summed E-state index contributed by atoms with van der Waals surface area (Å²) in [6, 6.07) is 9.79. The van der Waals surface area contributed by atoms with E-state index in [0.717, 1.165) is 5.56 Å². The van der Waals surface area contributed by atoms with Gasteiger partial charge in [-0.2, -0.15) is 4.31 Å². The van der Waals surface area contributed by atoms with Crippen LogP contribution in [0.1, 0.15) is 11.4 Å². The summed E-state index contributed by atoms with van der Waals surface area (Å²) >= 11 is 0. The first-order chi connectivity index (χ1) is 10.4. The summed E-state index contributed by atoms with van der Waals surface area (Å²) in [5, 5.41) is 0.0778. The van der Waals surface area contributed by atoms with Gasteiger partial charge in [-0.05, 0) is 18.9 Å². The van der Waals surface area contributed by atoms with E-state index in [-0.39, 0.29) is 18.1 Å². The Bertz CT molecular complexity index is 691. The molecular formula is C15H22N4O2S. The van der Waals surface area contributed by atoms with Gasteiger partial charge in [-0.15, -0.1) is 0 Å². The number of rotatable bonds is 7. The Kier molecular flexibility index (Phi) is 5.33. The second kappa shape index (κ2) is 7.04. The molecule has 1 heterocycles. The average molecular weight is 322 g/mol. The predicted molar refractivity (Wildman–Crippen MR) is 85.9 cm³/mol. The molecule has 0 aliphatic carbocycles. The number of benzene rings is 1. The van der Waals surface area contributed by atoms with Gasteiger partial charge in [0.25, 0.3) is 10.0 Å². The predicted octanol–water partition coefficient (Wildman–Crippen LogP) is 0.921. The maximum absolute atomic E-state index is 12.7. The molecule has 0 amide bonds. The molecule has 1 aromatic carbocycles. The van der Waals surface area contributed by atoms with Gasteiger partial charge in [-0.3, -0.25) is 0 Å². The molecule has 7 heteroatoms. The van der Waals surface area contributed by atoms with Gasteiger partial charge < -0.3 is 10.3 Å². The Morgan fingerprint density at radius 3 is 2.45 bits per heavy atom. The Morgan fingerprint density at radius 1 is 1.23 bits per heavy atom. The molecule has 2 N–H and O–H groups in total. The van der Waals surface area contributed by atoms with Crippen molar-refractivity contribution in [2.45, 2.75) is 18.4 Å². The normalized spacial score (nSPS) is 12.0. The van der Waals surface area contributed by atoms with Crippen molar-refractivity contribution in [3.8, 4) is 0 Å². The maximum atomic E-state index is 12.7. The molecule has 0 saturated heterocycles. The van der Waals surface area contributed by atoms with E-state index in [0.29, 0.717) is 18.8 Å². The maximum Gasteiger partial charge on any atom is 0.262 e. The van der Waals surface area contributed by atoms with Crippen LogP contribution in [0.3, 0.4) is 0 Å². The SMILES string of the molecule is Cc1nc(S(=O)(=O)N(CCN)CCc2ccccc2)cn1C. The van der Waals surface area contributed by atoms with Gasteiger partial charge in [-0.1, -0.05) is 30.3 Å². The van der Waals surface area contributed by atoms with Crippen LogP contribution in [0.15, 0.2) is 41.6 Å². The van der Waals surface area contributed by atoms with Crippen LogP contribution in [0.2, 0.25) is 0 Å². The number of aromatic nitrogens is 2. The van der Waals surface area contributed by atoms with Crippen LogP contribution in [0, 0.1) is 6.92 Å². The van der Waals surface area contributed by atoms with Crippen LogP contribution in [-0.4, -0.2) is 41.9 Å². The molecule has 2 aromatic rings. The molecule has 1 aromatic heterocycles. The third-order valence-electron chi connectivity index (χ3n) is 3.56. The molecular weight excluding hydrogens is 300 g/mol. The van der Waals surface area contributed by atoms with E-state index in [1.54, 1.807) is 18.5 Å². The van der Waals surface area contributed by atoms with Gasteiger partial charge in [0.1, 0.15) is 5.82 Å². The highest BCUT2D eigenvalue weighted by molar-refractivity contribution is 7.89. The van der Waals surface area contributed by atoms with E-state index in [1.807, 2.05) is 30.3 Å². The lowest BCUT2D eigenvalue weighted by molar-refractivity contribution is 0.420. The van der Waals surface area contributed by atoms with Gasteiger partial charge in [-0.25, -0.2) is 13.4 Å². The standard InChI is InChI=1S/C15H22N4O2S/c1-13-17-15(12-18(13)2)22(20,21)19(11-9-16)10-8-14-6-4-3-5-7-14/h3-7,12H,8-11,16H2,1-2H3. The zero-order valence-electron chi connectivity index (χ0n) is 12.9. The Balaban J connectivity index is 2.19. The van der Waals surface area contributed by atoms with Gasteiger partial charge >= 0.3 is 0 Å². The lowest BCUT2D eigenvalue weighted by Gasteiger charge is -2.20. The number of hydrogen-bond acceptors (Lipinski definition) is 4. The molecule has 0 fully saturated rings. The zero-order chi connectivity index (χ0) is 16.2. The van der Waals surface area contributed by atoms with Crippen LogP contribution < -0.4 is 5.73 Å². The summed E-state index contributed by atoms with van der Waals surface area (Å²) in [6.07, 6.45) is 2.18. The smallest absolute Gasteiger partial charge is 0.262 e. The minimum atomic E-state index is -3.61. The average Bonchev–Trinajstić information content (AvgIpc) is 2.85. The molecule has 0 unspecified atom stereocenters. The summed E-state index contributed by atoms with van der Waals surface area (Å²) in [5.41, 5.74) is 6.67. The fraction of sp³-hybridized carbons (Fsp3) is 0.400. The Hall–Kier alpha value is -1.70. The fourth-order valence-electron chi connectivity index (χ4n) is 2.18. The third-order valence-corrected chi connectivity index (χ3v) is 5.33. The van der Waals surface area contributed by atoms with Crippen LogP contribution in [-0.2, 0) is 23.5 Å². The topological polar surface area (TPSA) is 81.2 Å². The molecule has 0 atom stereocenters. The largest absolute Gasteiger partial charge is 0.337 e. The van der Waals surface area contributed by atoms with Crippen LogP contribution >= 0.6 is 0 Å². The molecule has 0 saturated carbocycles. The highest BCUT2D eigenvalue weighted by Crippen LogP contribution is 2.15. The number of nitrogens with zero attached hydrogens (tertiary/aromatic N) is 3. The lowest BCUT2D eigenvalue weighted by Crippen LogP contribution is -2.37. The number of aryl methyl sites for hydroxylation is 2. The minimum absolute atomic E-state index is 0.0778. The summed E-state index contributed by atoms with van der Waals surface area (Å²) in [6.45, 7) is 2.72. The summed E-state index contributed by atoms with van der Waals surface area (Å²) in [4.78, 5) is 4.13. The van der Waals surface area contributed by atoms with Crippen molar-refractivity contribution in [3.05, 3.63) is 47.9 Å². The highest BCUT2D eigenvalue weighted by Gasteiger charge is 2.26. The molecule has 2 rings (SSSR count). The zero-order valence-corrected chi connectivity index (χ0v) is 13.8. The molecule has 0 aliphatic rings. The Labute approximate surface area is 131 Å². The van der Waals surface area contributed by atoms with Gasteiger partial charge in [0.15, 0.2) is 5.03 Å². The number of sulfonamides is 1. The van der Waals surface area contributed by atoms with Crippen molar-refractivity contribution < 1.29 is 8.42 Å². The molecule has 0 aliphatic heterocycles. The van der Waals surface area contributed by atoms with Crippen LogP contribution in [0.4, 0.5) is 0 Å². The second-order valence-corrected chi connectivity index (χ2v) is 7.05. The summed E-state index contributed by atoms with van der Waals surface area (Å²) in [7, 11) is -1.84. The van der Waals surface area contributed by atoms with E-state index < -0.39 is 10.0 Å². The van der Waals surface area contributed by atoms with Gasteiger partial charge in [0, 0.05) is 32.9 Å². The fourth-order valence-corrected chi connectivity index (χ4v) is 3.66. The van der Waals surface area contributed by atoms with Crippen LogP contribution in [0.5, 0.6) is 0 Å². The van der Waals surface area contributed by atoms with Crippen molar-refractivity contribution >= 4 is 10.0 Å². The Morgan fingerprint density at radius 2 is 1.91 bits per heavy atom. The highest BCUT2D eigenvalue weighted by atomic mass is 32.2. The molecule has 120 valence electrons. The second-order valence-electron chi connectivity index (χ2n) is 5.17. The first kappa shape index (κ1) is 16.7. The molecule has 6 nitrogen and oxygen atoms in total. The monoisotopic (exact) mass is 322 g/mol. The number of imidazole rings is 1. The molecule has 0 bridgehead atoms. The van der Waals surface area contributed by atoms with Crippen molar-refractivity contribution in [1.29, 1.82) is 0 Å². The number of nitrogens with two attached hydrogens (primary N) is 1. The molecule has 0 spiro atoms. The van der Waals surface area contributed by atoms with E-state index in [4.69, 9.17) is 5.73 Å². The summed E-state index contributed by atoms with van der Waals surface area (Å²) in [5.74, 6) is 0.661. The third kappa shape index (κ3) is 3.73. The van der Waals surface area contributed by atoms with Crippen molar-refractivity contribution in [2.24, 2.45) is 12.8 Å². The van der Waals surface area contributed by atoms with E-state index in [2.05, 4.69) is 4.98 Å². The van der Waals surface area contributed by atoms with Crippen LogP contribution in [0.25, 0.3) is 0 Å². The molecule has 22 heavy (non-hydrogen) atoms. The number of hydrogen-bond donors (Lipinski definition) is 1. The first-order valence-electron chi connectivity index (χ1n) is 7.19. The van der Waals surface area contributed by atoms with E-state index >= 15 is 0 Å². The van der Waals surface area contributed by atoms with E-state index in [9.17, 15) is 8.42 Å². The van der Waals surface area contributed by atoms with E-state index in [1.165, 1.54) is 10.5 Å². The summed E-state index contributed by atoms with van der Waals surface area (Å²) < 4.78 is 28.5.